The van der Waals surface area contributed by atoms with Crippen LogP contribution in [0.4, 0.5) is 10.2 Å². The predicted molar refractivity (Wildman–Crippen MR) is 141 cm³/mol. The number of anilines is 1. The number of hydrogen-bond donors (Lipinski definition) is 3. The lowest BCUT2D eigenvalue weighted by Crippen LogP contribution is -2.50. The third-order valence-corrected chi connectivity index (χ3v) is 8.00. The lowest BCUT2D eigenvalue weighted by molar-refractivity contribution is -0.128. The molecule has 4 heterocycles. The van der Waals surface area contributed by atoms with Crippen LogP contribution < -0.4 is 11.5 Å². The molecule has 186 valence electrons. The van der Waals surface area contributed by atoms with E-state index < -0.39 is 0 Å². The minimum absolute atomic E-state index is 0.0135. The molecule has 2 aliphatic heterocycles. The van der Waals surface area contributed by atoms with Crippen LogP contribution in [-0.2, 0) is 4.79 Å². The summed E-state index contributed by atoms with van der Waals surface area (Å²) in [5.41, 5.74) is 15.6. The molecule has 0 radical (unpaired) electrons. The lowest BCUT2D eigenvalue weighted by atomic mass is 9.87. The molecule has 11 heteroatoms. The normalized spacial score (nSPS) is 21.7. The minimum atomic E-state index is -0.366. The molecule has 1 amide bonds. The van der Waals surface area contributed by atoms with Gasteiger partial charge in [-0.25, -0.2) is 14.4 Å². The number of aliphatic imine (C=N–C) groups is 1. The highest BCUT2D eigenvalue weighted by molar-refractivity contribution is 7.98. The van der Waals surface area contributed by atoms with E-state index in [1.165, 1.54) is 23.9 Å². The van der Waals surface area contributed by atoms with E-state index in [9.17, 15) is 9.18 Å². The number of fused-ring (bicyclic) bond motifs is 3. The molecule has 2 aromatic heterocycles. The zero-order chi connectivity index (χ0) is 25.6. The number of carbonyl (C=O) groups excluding carboxylic acids is 1. The van der Waals surface area contributed by atoms with Crippen molar-refractivity contribution in [2.45, 2.75) is 48.6 Å². The van der Waals surface area contributed by atoms with Crippen LogP contribution in [0.5, 0.6) is 0 Å². The molecular weight excluding hydrogens is 479 g/mol. The Balaban J connectivity index is 1.54. The molecule has 9 nitrogen and oxygen atoms in total. The maximum absolute atomic E-state index is 14.5. The number of nitrogen functional groups attached to an aromatic ring is 1. The molecule has 5 N–H and O–H groups in total. The zero-order valence-corrected chi connectivity index (χ0v) is 20.6. The van der Waals surface area contributed by atoms with Crippen LogP contribution in [0.1, 0.15) is 42.9 Å². The van der Waals surface area contributed by atoms with Crippen LogP contribution in [0, 0.1) is 11.2 Å². The summed E-state index contributed by atoms with van der Waals surface area (Å²) in [6, 6.07) is 4.99. The summed E-state index contributed by atoms with van der Waals surface area (Å²) in [5, 5.41) is 11.6. The number of amides is 1. The number of nitrogens with zero attached hydrogens (tertiary/aromatic N) is 5. The number of hydrogen-bond acceptors (Lipinski definition) is 6. The van der Waals surface area contributed by atoms with Gasteiger partial charge in [-0.1, -0.05) is 24.8 Å². The van der Waals surface area contributed by atoms with E-state index in [1.54, 1.807) is 16.8 Å². The van der Waals surface area contributed by atoms with Gasteiger partial charge in [0.2, 0.25) is 0 Å². The van der Waals surface area contributed by atoms with Crippen molar-refractivity contribution in [2.75, 3.05) is 12.0 Å². The predicted octanol–water partition coefficient (Wildman–Crippen LogP) is 3.68. The number of piperidine rings is 1. The SMILES string of the molecule is C=Cc1ccc(-c2cnn3c(N)c(SC)c(C4CC5CCC(C4)N5C(=O)C(N)=NC=N)nc23)cc1F. The number of amidine groups is 1. The standard InChI is InChI=1S/C25H27FN8OS/c1-3-13-4-5-14(10-19(13)26)18-11-31-34-23(29)21(36-2)20(32-24(18)34)15-8-16-6-7-17(9-15)33(16)25(35)22(28)30-12-27/h3-5,10-12,15-17H,1,6-9,29H2,2H3,(H3,27,28,30). The topological polar surface area (TPSA) is 139 Å². The van der Waals surface area contributed by atoms with Crippen molar-refractivity contribution in [3.05, 3.63) is 48.0 Å². The Morgan fingerprint density at radius 2 is 2.06 bits per heavy atom. The fourth-order valence-corrected chi connectivity index (χ4v) is 6.27. The van der Waals surface area contributed by atoms with Crippen molar-refractivity contribution in [1.29, 1.82) is 5.41 Å². The van der Waals surface area contributed by atoms with E-state index in [2.05, 4.69) is 16.7 Å². The van der Waals surface area contributed by atoms with E-state index in [1.807, 2.05) is 17.2 Å². The quantitative estimate of drug-likeness (QED) is 0.274. The zero-order valence-electron chi connectivity index (χ0n) is 19.8. The second kappa shape index (κ2) is 9.38. The highest BCUT2D eigenvalue weighted by atomic mass is 32.2. The number of nitrogens with one attached hydrogen (secondary N) is 1. The molecule has 3 aromatic rings. The average molecular weight is 507 g/mol. The summed E-state index contributed by atoms with van der Waals surface area (Å²) in [5.74, 6) is -0.265. The van der Waals surface area contributed by atoms with Crippen LogP contribution in [0.25, 0.3) is 22.9 Å². The van der Waals surface area contributed by atoms with Gasteiger partial charge in [-0.2, -0.15) is 9.61 Å². The van der Waals surface area contributed by atoms with Crippen molar-refractivity contribution in [3.63, 3.8) is 0 Å². The summed E-state index contributed by atoms with van der Waals surface area (Å²) in [4.78, 5) is 24.3. The first-order chi connectivity index (χ1) is 17.4. The van der Waals surface area contributed by atoms with Gasteiger partial charge in [0, 0.05) is 29.1 Å². The third kappa shape index (κ3) is 3.83. The monoisotopic (exact) mass is 506 g/mol. The van der Waals surface area contributed by atoms with Gasteiger partial charge >= 0.3 is 0 Å². The largest absolute Gasteiger partial charge is 0.383 e. The van der Waals surface area contributed by atoms with Crippen LogP contribution in [-0.4, -0.2) is 55.9 Å². The van der Waals surface area contributed by atoms with E-state index >= 15 is 0 Å². The number of rotatable bonds is 5. The number of aromatic nitrogens is 3. The molecule has 2 fully saturated rings. The second-order valence-corrected chi connectivity index (χ2v) is 9.88. The molecule has 36 heavy (non-hydrogen) atoms. The average Bonchev–Trinajstić information content (AvgIpc) is 3.41. The Hall–Kier alpha value is -3.73. The van der Waals surface area contributed by atoms with Crippen LogP contribution in [0.3, 0.4) is 0 Å². The van der Waals surface area contributed by atoms with Gasteiger partial charge in [-0.15, -0.1) is 11.8 Å². The maximum Gasteiger partial charge on any atom is 0.289 e. The molecule has 2 atom stereocenters. The van der Waals surface area contributed by atoms with Crippen molar-refractivity contribution in [2.24, 2.45) is 10.7 Å². The highest BCUT2D eigenvalue weighted by Gasteiger charge is 2.45. The third-order valence-electron chi connectivity index (χ3n) is 7.18. The summed E-state index contributed by atoms with van der Waals surface area (Å²) in [7, 11) is 0. The van der Waals surface area contributed by atoms with Gasteiger partial charge in [-0.05, 0) is 43.6 Å². The van der Waals surface area contributed by atoms with Gasteiger partial charge in [0.05, 0.1) is 16.8 Å². The molecule has 0 spiro atoms. The highest BCUT2D eigenvalue weighted by Crippen LogP contribution is 2.46. The first-order valence-corrected chi connectivity index (χ1v) is 12.9. The van der Waals surface area contributed by atoms with Crippen LogP contribution >= 0.6 is 11.8 Å². The fraction of sp³-hybridized carbons (Fsp3) is 0.320. The van der Waals surface area contributed by atoms with Crippen molar-refractivity contribution >= 4 is 47.4 Å². The Morgan fingerprint density at radius 1 is 1.33 bits per heavy atom. The van der Waals surface area contributed by atoms with Crippen LogP contribution in [0.2, 0.25) is 0 Å². The molecule has 2 aliphatic rings. The Morgan fingerprint density at radius 3 is 2.67 bits per heavy atom. The van der Waals surface area contributed by atoms with Gasteiger partial charge in [-0.3, -0.25) is 10.2 Å². The molecule has 0 saturated carbocycles. The minimum Gasteiger partial charge on any atom is -0.383 e. The van der Waals surface area contributed by atoms with Gasteiger partial charge < -0.3 is 16.4 Å². The lowest BCUT2D eigenvalue weighted by Gasteiger charge is -2.39. The fourth-order valence-electron chi connectivity index (χ4n) is 5.56. The van der Waals surface area contributed by atoms with E-state index in [-0.39, 0.29) is 35.6 Å². The van der Waals surface area contributed by atoms with Crippen LogP contribution in [0.15, 0.2) is 40.9 Å². The van der Waals surface area contributed by atoms with Gasteiger partial charge in [0.1, 0.15) is 18.0 Å². The van der Waals surface area contributed by atoms with Gasteiger partial charge in [0.25, 0.3) is 5.91 Å². The van der Waals surface area contributed by atoms with E-state index in [0.29, 0.717) is 28.2 Å². The Labute approximate surface area is 212 Å². The number of thioether (sulfide) groups is 1. The molecule has 5 rings (SSSR count). The first kappa shape index (κ1) is 24.0. The molecular formula is C25H27FN8OS. The number of halogens is 1. The summed E-state index contributed by atoms with van der Waals surface area (Å²) >= 11 is 1.52. The smallest absolute Gasteiger partial charge is 0.289 e. The number of carbonyl (C=O) groups is 1. The van der Waals surface area contributed by atoms with E-state index in [0.717, 1.165) is 42.6 Å². The number of benzene rings is 1. The molecule has 2 saturated heterocycles. The molecule has 2 bridgehead atoms. The Bertz CT molecular complexity index is 1400. The maximum atomic E-state index is 14.5. The summed E-state index contributed by atoms with van der Waals surface area (Å²) in [6.45, 7) is 3.64. The number of nitrogens with two attached hydrogens (primary N) is 2. The summed E-state index contributed by atoms with van der Waals surface area (Å²) < 4.78 is 16.1. The van der Waals surface area contributed by atoms with E-state index in [4.69, 9.17) is 21.9 Å². The first-order valence-electron chi connectivity index (χ1n) is 11.7. The van der Waals surface area contributed by atoms with Gasteiger partial charge in [0.15, 0.2) is 11.5 Å². The van der Waals surface area contributed by atoms with Crippen molar-refractivity contribution < 1.29 is 9.18 Å². The van der Waals surface area contributed by atoms with Crippen molar-refractivity contribution in [3.8, 4) is 11.1 Å². The Kier molecular flexibility index (Phi) is 6.25. The van der Waals surface area contributed by atoms with Crippen molar-refractivity contribution in [1.82, 2.24) is 19.5 Å². The molecule has 0 aliphatic carbocycles. The molecule has 1 aromatic carbocycles. The second-order valence-electron chi connectivity index (χ2n) is 9.06. The summed E-state index contributed by atoms with van der Waals surface area (Å²) in [6.07, 6.45) is 9.08. The molecule has 2 unspecified atom stereocenters.